The molecule has 0 radical (unpaired) electrons. The van der Waals surface area contributed by atoms with E-state index in [1.807, 2.05) is 6.07 Å². The standard InChI is InChI=1S/C19H24N4O2/c1-22-17(20-21-19(22)13-7-8-13)12-23-9-3-5-15(23)14-4-2-6-16-18(14)25-11-10-24-16/h2,4,6,13,15H,3,5,7-12H2,1H3/t15-/m1/s1. The summed E-state index contributed by atoms with van der Waals surface area (Å²) in [6.45, 7) is 3.19. The zero-order valence-electron chi connectivity index (χ0n) is 14.6. The topological polar surface area (TPSA) is 52.4 Å². The fraction of sp³-hybridized carbons (Fsp3) is 0.579. The van der Waals surface area contributed by atoms with E-state index >= 15 is 0 Å². The van der Waals surface area contributed by atoms with Crippen molar-refractivity contribution >= 4 is 0 Å². The highest BCUT2D eigenvalue weighted by atomic mass is 16.6. The Morgan fingerprint density at radius 3 is 2.88 bits per heavy atom. The number of hydrogen-bond acceptors (Lipinski definition) is 5. The van der Waals surface area contributed by atoms with Gasteiger partial charge >= 0.3 is 0 Å². The summed E-state index contributed by atoms with van der Waals surface area (Å²) in [6, 6.07) is 6.62. The van der Waals surface area contributed by atoms with Gasteiger partial charge in [-0.2, -0.15) is 0 Å². The Kier molecular flexibility index (Phi) is 3.66. The molecule has 132 valence electrons. The molecule has 3 heterocycles. The molecule has 0 amide bonds. The molecule has 0 unspecified atom stereocenters. The second kappa shape index (κ2) is 6.02. The molecule has 1 aromatic carbocycles. The Balaban J connectivity index is 1.41. The van der Waals surface area contributed by atoms with Crippen molar-refractivity contribution in [3.05, 3.63) is 35.4 Å². The normalized spacial score (nSPS) is 23.2. The van der Waals surface area contributed by atoms with E-state index in [-0.39, 0.29) is 0 Å². The van der Waals surface area contributed by atoms with Gasteiger partial charge in [0.25, 0.3) is 0 Å². The van der Waals surface area contributed by atoms with Crippen LogP contribution in [0.15, 0.2) is 18.2 Å². The molecule has 2 aliphatic heterocycles. The van der Waals surface area contributed by atoms with E-state index in [1.165, 1.54) is 24.8 Å². The molecule has 1 aliphatic carbocycles. The van der Waals surface area contributed by atoms with E-state index in [1.54, 1.807) is 0 Å². The average Bonchev–Trinajstić information content (AvgIpc) is 3.28. The summed E-state index contributed by atoms with van der Waals surface area (Å²) < 4.78 is 13.9. The van der Waals surface area contributed by atoms with Crippen LogP contribution < -0.4 is 9.47 Å². The van der Waals surface area contributed by atoms with Gasteiger partial charge in [-0.1, -0.05) is 12.1 Å². The number of fused-ring (bicyclic) bond motifs is 1. The van der Waals surface area contributed by atoms with Gasteiger partial charge in [0.15, 0.2) is 11.5 Å². The minimum atomic E-state index is 0.359. The summed E-state index contributed by atoms with van der Waals surface area (Å²) in [5, 5.41) is 8.90. The van der Waals surface area contributed by atoms with Gasteiger partial charge in [0.05, 0.1) is 6.54 Å². The summed E-state index contributed by atoms with van der Waals surface area (Å²) in [4.78, 5) is 2.51. The van der Waals surface area contributed by atoms with Gasteiger partial charge in [0.2, 0.25) is 0 Å². The van der Waals surface area contributed by atoms with Gasteiger partial charge in [0, 0.05) is 24.6 Å². The average molecular weight is 340 g/mol. The molecular weight excluding hydrogens is 316 g/mol. The molecule has 3 aliphatic rings. The predicted octanol–water partition coefficient (Wildman–Crippen LogP) is 2.80. The van der Waals surface area contributed by atoms with Crippen molar-refractivity contribution < 1.29 is 9.47 Å². The first-order chi connectivity index (χ1) is 12.3. The maximum absolute atomic E-state index is 5.95. The number of ether oxygens (including phenoxy) is 2. The summed E-state index contributed by atoms with van der Waals surface area (Å²) in [5.74, 6) is 4.66. The number of nitrogens with zero attached hydrogens (tertiary/aromatic N) is 4. The number of hydrogen-bond donors (Lipinski definition) is 0. The largest absolute Gasteiger partial charge is 0.486 e. The number of para-hydroxylation sites is 1. The Bertz CT molecular complexity index is 784. The van der Waals surface area contributed by atoms with Crippen LogP contribution in [0.25, 0.3) is 0 Å². The highest BCUT2D eigenvalue weighted by Gasteiger charge is 2.33. The zero-order chi connectivity index (χ0) is 16.8. The molecule has 25 heavy (non-hydrogen) atoms. The first kappa shape index (κ1) is 15.2. The lowest BCUT2D eigenvalue weighted by Gasteiger charge is -2.28. The summed E-state index contributed by atoms with van der Waals surface area (Å²) in [6.07, 6.45) is 4.85. The molecule has 0 bridgehead atoms. The van der Waals surface area contributed by atoms with Crippen LogP contribution in [0.1, 0.15) is 54.9 Å². The fourth-order valence-corrected chi connectivity index (χ4v) is 4.12. The molecule has 5 rings (SSSR count). The maximum Gasteiger partial charge on any atom is 0.166 e. The minimum absolute atomic E-state index is 0.359. The fourth-order valence-electron chi connectivity index (χ4n) is 4.12. The zero-order valence-corrected chi connectivity index (χ0v) is 14.6. The SMILES string of the molecule is Cn1c(CN2CCC[C@@H]2c2cccc3c2OCCO3)nnc1C1CC1. The number of rotatable bonds is 4. The van der Waals surface area contributed by atoms with E-state index < -0.39 is 0 Å². The Labute approximate surface area is 147 Å². The third-order valence-electron chi connectivity index (χ3n) is 5.61. The van der Waals surface area contributed by atoms with Crippen molar-refractivity contribution in [3.63, 3.8) is 0 Å². The summed E-state index contributed by atoms with van der Waals surface area (Å²) in [7, 11) is 2.11. The Hall–Kier alpha value is -2.08. The Morgan fingerprint density at radius 1 is 1.12 bits per heavy atom. The quantitative estimate of drug-likeness (QED) is 0.857. The molecule has 1 saturated heterocycles. The Morgan fingerprint density at radius 2 is 2.00 bits per heavy atom. The van der Waals surface area contributed by atoms with Crippen LogP contribution in [-0.4, -0.2) is 39.4 Å². The first-order valence-electron chi connectivity index (χ1n) is 9.32. The van der Waals surface area contributed by atoms with Crippen molar-refractivity contribution in [2.24, 2.45) is 7.05 Å². The number of benzene rings is 1. The van der Waals surface area contributed by atoms with Crippen LogP contribution in [0.4, 0.5) is 0 Å². The lowest BCUT2D eigenvalue weighted by atomic mass is 10.0. The smallest absolute Gasteiger partial charge is 0.166 e. The monoisotopic (exact) mass is 340 g/mol. The maximum atomic E-state index is 5.95. The molecule has 6 heteroatoms. The highest BCUT2D eigenvalue weighted by molar-refractivity contribution is 5.49. The third kappa shape index (κ3) is 2.68. The second-order valence-electron chi connectivity index (χ2n) is 7.31. The van der Waals surface area contributed by atoms with Gasteiger partial charge in [-0.25, -0.2) is 0 Å². The van der Waals surface area contributed by atoms with E-state index in [9.17, 15) is 0 Å². The molecule has 2 fully saturated rings. The van der Waals surface area contributed by atoms with Crippen LogP contribution in [0.2, 0.25) is 0 Å². The van der Waals surface area contributed by atoms with Crippen LogP contribution in [0.3, 0.4) is 0 Å². The van der Waals surface area contributed by atoms with Crippen LogP contribution >= 0.6 is 0 Å². The molecule has 6 nitrogen and oxygen atoms in total. The van der Waals surface area contributed by atoms with Crippen LogP contribution in [0, 0.1) is 0 Å². The van der Waals surface area contributed by atoms with Gasteiger partial charge in [0.1, 0.15) is 24.9 Å². The van der Waals surface area contributed by atoms with E-state index in [0.29, 0.717) is 25.2 Å². The molecule has 2 aromatic rings. The van der Waals surface area contributed by atoms with E-state index in [2.05, 4.69) is 38.8 Å². The molecule has 1 atom stereocenters. The van der Waals surface area contributed by atoms with Gasteiger partial charge in [-0.05, 0) is 38.3 Å². The van der Waals surface area contributed by atoms with Gasteiger partial charge in [-0.15, -0.1) is 10.2 Å². The second-order valence-corrected chi connectivity index (χ2v) is 7.31. The summed E-state index contributed by atoms with van der Waals surface area (Å²) >= 11 is 0. The van der Waals surface area contributed by atoms with Crippen molar-refractivity contribution in [2.45, 2.75) is 44.2 Å². The third-order valence-corrected chi connectivity index (χ3v) is 5.61. The first-order valence-corrected chi connectivity index (χ1v) is 9.32. The van der Waals surface area contributed by atoms with Crippen molar-refractivity contribution in [1.82, 2.24) is 19.7 Å². The molecular formula is C19H24N4O2. The van der Waals surface area contributed by atoms with Crippen molar-refractivity contribution in [2.75, 3.05) is 19.8 Å². The number of aromatic nitrogens is 3. The van der Waals surface area contributed by atoms with E-state index in [0.717, 1.165) is 42.7 Å². The highest BCUT2D eigenvalue weighted by Crippen LogP contribution is 2.43. The van der Waals surface area contributed by atoms with Crippen molar-refractivity contribution in [1.29, 1.82) is 0 Å². The lowest BCUT2D eigenvalue weighted by molar-refractivity contribution is 0.163. The van der Waals surface area contributed by atoms with Crippen LogP contribution in [-0.2, 0) is 13.6 Å². The molecule has 0 N–H and O–H groups in total. The van der Waals surface area contributed by atoms with E-state index in [4.69, 9.17) is 9.47 Å². The van der Waals surface area contributed by atoms with Crippen LogP contribution in [0.5, 0.6) is 11.5 Å². The molecule has 0 spiro atoms. The summed E-state index contributed by atoms with van der Waals surface area (Å²) in [5.41, 5.74) is 1.25. The lowest BCUT2D eigenvalue weighted by Crippen LogP contribution is -2.26. The molecule has 1 aromatic heterocycles. The molecule has 1 saturated carbocycles. The minimum Gasteiger partial charge on any atom is -0.486 e. The van der Waals surface area contributed by atoms with Crippen molar-refractivity contribution in [3.8, 4) is 11.5 Å². The van der Waals surface area contributed by atoms with Gasteiger partial charge in [-0.3, -0.25) is 4.90 Å². The van der Waals surface area contributed by atoms with Gasteiger partial charge < -0.3 is 14.0 Å². The number of likely N-dealkylation sites (tertiary alicyclic amines) is 1. The predicted molar refractivity (Wildman–Crippen MR) is 92.8 cm³/mol.